The number of rotatable bonds is 2. The lowest BCUT2D eigenvalue weighted by molar-refractivity contribution is 0.916. The Bertz CT molecular complexity index is 410. The van der Waals surface area contributed by atoms with Gasteiger partial charge in [0.2, 0.25) is 0 Å². The van der Waals surface area contributed by atoms with E-state index in [9.17, 15) is 0 Å². The Kier molecular flexibility index (Phi) is 2.21. The monoisotopic (exact) mass is 172 g/mol. The second kappa shape index (κ2) is 3.52. The van der Waals surface area contributed by atoms with E-state index in [1.54, 1.807) is 6.20 Å². The molecule has 0 aliphatic rings. The molecule has 66 valence electrons. The Labute approximate surface area is 77.6 Å². The molecule has 2 aromatic rings. The second-order valence-electron chi connectivity index (χ2n) is 3.14. The van der Waals surface area contributed by atoms with E-state index < -0.39 is 0 Å². The molecule has 0 spiro atoms. The summed E-state index contributed by atoms with van der Waals surface area (Å²) in [6, 6.07) is 6.16. The van der Waals surface area contributed by atoms with Crippen LogP contribution in [0.3, 0.4) is 0 Å². The summed E-state index contributed by atoms with van der Waals surface area (Å²) in [5.41, 5.74) is 2.13. The van der Waals surface area contributed by atoms with Gasteiger partial charge in [0, 0.05) is 17.8 Å². The lowest BCUT2D eigenvalue weighted by Gasteiger charge is -1.99. The van der Waals surface area contributed by atoms with Gasteiger partial charge in [-0.25, -0.2) is 9.97 Å². The maximum absolute atomic E-state index is 4.29. The summed E-state index contributed by atoms with van der Waals surface area (Å²) in [5.74, 6) is 0. The Morgan fingerprint density at radius 3 is 3.08 bits per heavy atom. The molecule has 0 saturated heterocycles. The molecule has 0 bridgehead atoms. The Morgan fingerprint density at radius 1 is 1.31 bits per heavy atom. The lowest BCUT2D eigenvalue weighted by atomic mass is 10.1. The van der Waals surface area contributed by atoms with Gasteiger partial charge in [0.1, 0.15) is 0 Å². The molecule has 2 rings (SSSR count). The molecule has 0 atom stereocenters. The minimum Gasteiger partial charge on any atom is -0.237 e. The second-order valence-corrected chi connectivity index (χ2v) is 3.14. The van der Waals surface area contributed by atoms with Gasteiger partial charge in [0.15, 0.2) is 5.65 Å². The number of pyridine rings is 2. The topological polar surface area (TPSA) is 25.8 Å². The molecule has 0 aliphatic heterocycles. The summed E-state index contributed by atoms with van der Waals surface area (Å²) in [5, 5.41) is 1.13. The number of hydrogen-bond acceptors (Lipinski definition) is 2. The van der Waals surface area contributed by atoms with E-state index in [1.807, 2.05) is 12.3 Å². The van der Waals surface area contributed by atoms with Crippen LogP contribution in [-0.2, 0) is 6.42 Å². The molecule has 13 heavy (non-hydrogen) atoms. The molecular formula is C11H12N2. The first-order chi connectivity index (χ1) is 6.40. The van der Waals surface area contributed by atoms with Crippen LogP contribution in [0.5, 0.6) is 0 Å². The molecule has 0 saturated carbocycles. The Balaban J connectivity index is 2.49. The maximum atomic E-state index is 4.29. The molecule has 0 N–H and O–H groups in total. The van der Waals surface area contributed by atoms with Gasteiger partial charge in [-0.15, -0.1) is 0 Å². The van der Waals surface area contributed by atoms with Gasteiger partial charge in [-0.2, -0.15) is 0 Å². The van der Waals surface area contributed by atoms with Crippen LogP contribution in [0, 0.1) is 0 Å². The van der Waals surface area contributed by atoms with Crippen molar-refractivity contribution in [2.75, 3.05) is 0 Å². The third-order valence-corrected chi connectivity index (χ3v) is 2.05. The molecule has 2 aromatic heterocycles. The normalized spacial score (nSPS) is 10.5. The minimum absolute atomic E-state index is 0.836. The van der Waals surface area contributed by atoms with Crippen LogP contribution in [0.4, 0.5) is 0 Å². The van der Waals surface area contributed by atoms with E-state index in [0.717, 1.165) is 23.9 Å². The van der Waals surface area contributed by atoms with Gasteiger partial charge in [-0.1, -0.05) is 13.3 Å². The van der Waals surface area contributed by atoms with Crippen molar-refractivity contribution in [3.63, 3.8) is 0 Å². The number of aryl methyl sites for hydroxylation is 1. The summed E-state index contributed by atoms with van der Waals surface area (Å²) >= 11 is 0. The Hall–Kier alpha value is -1.44. The van der Waals surface area contributed by atoms with Gasteiger partial charge in [0.05, 0.1) is 0 Å². The van der Waals surface area contributed by atoms with Crippen molar-refractivity contribution in [3.05, 3.63) is 36.2 Å². The van der Waals surface area contributed by atoms with Gasteiger partial charge in [-0.05, 0) is 30.2 Å². The standard InChI is InChI=1S/C11H12N2/c1-2-4-9-7-10-5-3-6-12-11(10)13-8-9/h3,5-8H,2,4H2,1H3. The number of fused-ring (bicyclic) bond motifs is 1. The van der Waals surface area contributed by atoms with Crippen molar-refractivity contribution >= 4 is 11.0 Å². The van der Waals surface area contributed by atoms with Crippen LogP contribution in [0.25, 0.3) is 11.0 Å². The van der Waals surface area contributed by atoms with Gasteiger partial charge in [-0.3, -0.25) is 0 Å². The SMILES string of the molecule is CCCc1cnc2ncccc2c1. The van der Waals surface area contributed by atoms with Crippen LogP contribution in [0.1, 0.15) is 18.9 Å². The third kappa shape index (κ3) is 1.66. The molecule has 0 amide bonds. The average Bonchev–Trinajstić information content (AvgIpc) is 2.18. The van der Waals surface area contributed by atoms with Crippen molar-refractivity contribution in [3.8, 4) is 0 Å². The van der Waals surface area contributed by atoms with E-state index in [0.29, 0.717) is 0 Å². The summed E-state index contributed by atoms with van der Waals surface area (Å²) < 4.78 is 0. The van der Waals surface area contributed by atoms with Crippen LogP contribution < -0.4 is 0 Å². The van der Waals surface area contributed by atoms with Crippen molar-refractivity contribution in [2.45, 2.75) is 19.8 Å². The largest absolute Gasteiger partial charge is 0.237 e. The zero-order valence-electron chi connectivity index (χ0n) is 7.70. The van der Waals surface area contributed by atoms with Crippen LogP contribution in [0.15, 0.2) is 30.6 Å². The molecule has 0 aromatic carbocycles. The maximum Gasteiger partial charge on any atom is 0.159 e. The lowest BCUT2D eigenvalue weighted by Crippen LogP contribution is -1.87. The van der Waals surface area contributed by atoms with Crippen molar-refractivity contribution in [1.29, 1.82) is 0 Å². The predicted molar refractivity (Wildman–Crippen MR) is 53.5 cm³/mol. The highest BCUT2D eigenvalue weighted by Gasteiger charge is 1.96. The first kappa shape index (κ1) is 8.17. The molecule has 2 heteroatoms. The van der Waals surface area contributed by atoms with Gasteiger partial charge >= 0.3 is 0 Å². The van der Waals surface area contributed by atoms with Crippen molar-refractivity contribution < 1.29 is 0 Å². The first-order valence-electron chi connectivity index (χ1n) is 4.60. The van der Waals surface area contributed by atoms with Crippen molar-refractivity contribution in [2.24, 2.45) is 0 Å². The highest BCUT2D eigenvalue weighted by atomic mass is 14.8. The van der Waals surface area contributed by atoms with Crippen LogP contribution in [0.2, 0.25) is 0 Å². The quantitative estimate of drug-likeness (QED) is 0.695. The fourth-order valence-electron chi connectivity index (χ4n) is 1.44. The zero-order chi connectivity index (χ0) is 9.10. The number of hydrogen-bond donors (Lipinski definition) is 0. The van der Waals surface area contributed by atoms with Gasteiger partial charge < -0.3 is 0 Å². The van der Waals surface area contributed by atoms with E-state index >= 15 is 0 Å². The number of aromatic nitrogens is 2. The van der Waals surface area contributed by atoms with E-state index in [2.05, 4.69) is 29.0 Å². The smallest absolute Gasteiger partial charge is 0.159 e. The zero-order valence-corrected chi connectivity index (χ0v) is 7.70. The first-order valence-corrected chi connectivity index (χ1v) is 4.60. The highest BCUT2D eigenvalue weighted by Crippen LogP contribution is 2.11. The molecule has 0 fully saturated rings. The van der Waals surface area contributed by atoms with Crippen LogP contribution in [-0.4, -0.2) is 9.97 Å². The highest BCUT2D eigenvalue weighted by molar-refractivity contribution is 5.74. The van der Waals surface area contributed by atoms with E-state index in [4.69, 9.17) is 0 Å². The summed E-state index contributed by atoms with van der Waals surface area (Å²) in [7, 11) is 0. The fourth-order valence-corrected chi connectivity index (χ4v) is 1.44. The fraction of sp³-hybridized carbons (Fsp3) is 0.273. The summed E-state index contributed by atoms with van der Waals surface area (Å²) in [4.78, 5) is 8.46. The van der Waals surface area contributed by atoms with Gasteiger partial charge in [0.25, 0.3) is 0 Å². The molecule has 0 radical (unpaired) electrons. The summed E-state index contributed by atoms with van der Waals surface area (Å²) in [6.07, 6.45) is 5.94. The third-order valence-electron chi connectivity index (χ3n) is 2.05. The molecule has 0 aliphatic carbocycles. The van der Waals surface area contributed by atoms with Crippen molar-refractivity contribution in [1.82, 2.24) is 9.97 Å². The Morgan fingerprint density at radius 2 is 2.23 bits per heavy atom. The molecule has 2 heterocycles. The van der Waals surface area contributed by atoms with Crippen LogP contribution >= 0.6 is 0 Å². The molecular weight excluding hydrogens is 160 g/mol. The molecule has 0 unspecified atom stereocenters. The number of nitrogens with zero attached hydrogens (tertiary/aromatic N) is 2. The van der Waals surface area contributed by atoms with E-state index in [-0.39, 0.29) is 0 Å². The summed E-state index contributed by atoms with van der Waals surface area (Å²) in [6.45, 7) is 2.17. The molecule has 2 nitrogen and oxygen atoms in total. The average molecular weight is 172 g/mol. The predicted octanol–water partition coefficient (Wildman–Crippen LogP) is 2.58. The van der Waals surface area contributed by atoms with E-state index in [1.165, 1.54) is 5.56 Å². The minimum atomic E-state index is 0.836.